The first-order valence-electron chi connectivity index (χ1n) is 6.57. The Morgan fingerprint density at radius 3 is 1.90 bits per heavy atom. The summed E-state index contributed by atoms with van der Waals surface area (Å²) in [6, 6.07) is 0. The first kappa shape index (κ1) is 18.1. The number of rotatable bonds is 4. The fourth-order valence-corrected chi connectivity index (χ4v) is 1.97. The highest BCUT2D eigenvalue weighted by Gasteiger charge is 2.74. The van der Waals surface area contributed by atoms with Crippen LogP contribution in [-0.4, -0.2) is 30.3 Å². The molecule has 0 N–H and O–H groups in total. The lowest BCUT2D eigenvalue weighted by atomic mass is 9.81. The summed E-state index contributed by atoms with van der Waals surface area (Å²) in [5.41, 5.74) is -0.885. The van der Waals surface area contributed by atoms with Gasteiger partial charge in [0.25, 0.3) is 0 Å². The fourth-order valence-electron chi connectivity index (χ4n) is 1.97. The quantitative estimate of drug-likeness (QED) is 0.571. The number of halogens is 6. The number of esters is 1. The molecule has 1 aliphatic rings. The van der Waals surface area contributed by atoms with E-state index in [1.807, 2.05) is 0 Å². The predicted octanol–water partition coefficient (Wildman–Crippen LogP) is 4.28. The Hall–Kier alpha value is -0.950. The second-order valence-electron chi connectivity index (χ2n) is 6.09. The SMILES string of the molecule is CCC(C)(C)C(=O)OCC1CC(F)(F)C(F)(F)C(F)(F)C1. The molecule has 0 saturated heterocycles. The molecule has 0 heterocycles. The van der Waals surface area contributed by atoms with E-state index in [9.17, 15) is 31.1 Å². The normalized spacial score (nSPS) is 24.6. The molecule has 1 saturated carbocycles. The molecule has 0 aliphatic heterocycles. The molecule has 0 spiro atoms. The Labute approximate surface area is 118 Å². The van der Waals surface area contributed by atoms with Crippen molar-refractivity contribution in [2.75, 3.05) is 6.61 Å². The summed E-state index contributed by atoms with van der Waals surface area (Å²) in [5.74, 6) is -17.3. The molecular formula is C13H18F6O2. The van der Waals surface area contributed by atoms with Gasteiger partial charge in [0, 0.05) is 18.8 Å². The lowest BCUT2D eigenvalue weighted by Crippen LogP contribution is -2.59. The average Bonchev–Trinajstić information content (AvgIpc) is 2.32. The van der Waals surface area contributed by atoms with E-state index in [0.29, 0.717) is 6.42 Å². The van der Waals surface area contributed by atoms with Crippen molar-refractivity contribution in [1.29, 1.82) is 0 Å². The number of ether oxygens (including phenoxy) is 1. The van der Waals surface area contributed by atoms with E-state index in [4.69, 9.17) is 4.74 Å². The van der Waals surface area contributed by atoms with Crippen LogP contribution < -0.4 is 0 Å². The molecule has 0 radical (unpaired) electrons. The van der Waals surface area contributed by atoms with Crippen LogP contribution in [0.4, 0.5) is 26.3 Å². The van der Waals surface area contributed by atoms with Gasteiger partial charge in [0.1, 0.15) is 0 Å². The highest BCUT2D eigenvalue weighted by Crippen LogP contribution is 2.55. The van der Waals surface area contributed by atoms with Gasteiger partial charge in [0.2, 0.25) is 0 Å². The molecule has 0 aromatic carbocycles. The molecule has 0 aromatic rings. The first-order chi connectivity index (χ1) is 9.27. The summed E-state index contributed by atoms with van der Waals surface area (Å²) < 4.78 is 83.4. The van der Waals surface area contributed by atoms with E-state index < -0.39 is 54.5 Å². The highest BCUT2D eigenvalue weighted by atomic mass is 19.3. The topological polar surface area (TPSA) is 26.3 Å². The average molecular weight is 320 g/mol. The lowest BCUT2D eigenvalue weighted by molar-refractivity contribution is -0.338. The van der Waals surface area contributed by atoms with E-state index in [-0.39, 0.29) is 0 Å². The number of hydrogen-bond acceptors (Lipinski definition) is 2. The maximum atomic E-state index is 13.2. The maximum absolute atomic E-state index is 13.2. The van der Waals surface area contributed by atoms with Gasteiger partial charge in [0.05, 0.1) is 12.0 Å². The zero-order chi connectivity index (χ0) is 16.7. The van der Waals surface area contributed by atoms with Crippen molar-refractivity contribution in [1.82, 2.24) is 0 Å². The Kier molecular flexibility index (Phi) is 4.61. The lowest BCUT2D eigenvalue weighted by Gasteiger charge is -2.40. The van der Waals surface area contributed by atoms with E-state index in [1.165, 1.54) is 0 Å². The monoisotopic (exact) mass is 320 g/mol. The Balaban J connectivity index is 2.74. The van der Waals surface area contributed by atoms with Gasteiger partial charge in [-0.1, -0.05) is 6.92 Å². The van der Waals surface area contributed by atoms with Crippen LogP contribution in [0.15, 0.2) is 0 Å². The molecule has 1 fully saturated rings. The van der Waals surface area contributed by atoms with Gasteiger partial charge in [-0.2, -0.15) is 26.3 Å². The first-order valence-corrected chi connectivity index (χ1v) is 6.57. The predicted molar refractivity (Wildman–Crippen MR) is 62.6 cm³/mol. The number of carbonyl (C=O) groups excluding carboxylic acids is 1. The third-order valence-corrected chi connectivity index (χ3v) is 3.90. The molecular weight excluding hydrogens is 302 g/mol. The summed E-state index contributed by atoms with van der Waals surface area (Å²) >= 11 is 0. The Bertz CT molecular complexity index is 385. The van der Waals surface area contributed by atoms with Crippen LogP contribution >= 0.6 is 0 Å². The molecule has 0 bridgehead atoms. The molecule has 0 atom stereocenters. The van der Waals surface area contributed by atoms with Gasteiger partial charge in [-0.05, 0) is 20.3 Å². The van der Waals surface area contributed by atoms with Crippen LogP contribution in [-0.2, 0) is 9.53 Å². The van der Waals surface area contributed by atoms with Crippen molar-refractivity contribution in [2.24, 2.45) is 11.3 Å². The smallest absolute Gasteiger partial charge is 0.371 e. The Morgan fingerprint density at radius 2 is 1.52 bits per heavy atom. The van der Waals surface area contributed by atoms with Crippen LogP contribution in [0.5, 0.6) is 0 Å². The molecule has 124 valence electrons. The van der Waals surface area contributed by atoms with Gasteiger partial charge in [0.15, 0.2) is 0 Å². The van der Waals surface area contributed by atoms with Gasteiger partial charge in [-0.15, -0.1) is 0 Å². The number of hydrogen-bond donors (Lipinski definition) is 0. The summed E-state index contributed by atoms with van der Waals surface area (Å²) in [6.07, 6.45) is -2.47. The Morgan fingerprint density at radius 1 is 1.10 bits per heavy atom. The van der Waals surface area contributed by atoms with Gasteiger partial charge < -0.3 is 4.74 Å². The molecule has 2 nitrogen and oxygen atoms in total. The summed E-state index contributed by atoms with van der Waals surface area (Å²) in [7, 11) is 0. The minimum absolute atomic E-state index is 0.404. The zero-order valence-electron chi connectivity index (χ0n) is 12.0. The van der Waals surface area contributed by atoms with Crippen molar-refractivity contribution in [3.05, 3.63) is 0 Å². The summed E-state index contributed by atoms with van der Waals surface area (Å²) in [5, 5.41) is 0. The van der Waals surface area contributed by atoms with Crippen LogP contribution in [0.3, 0.4) is 0 Å². The fraction of sp³-hybridized carbons (Fsp3) is 0.923. The largest absolute Gasteiger partial charge is 0.465 e. The van der Waals surface area contributed by atoms with Gasteiger partial charge in [-0.3, -0.25) is 4.79 Å². The molecule has 1 aliphatic carbocycles. The van der Waals surface area contributed by atoms with Crippen LogP contribution in [0, 0.1) is 11.3 Å². The highest BCUT2D eigenvalue weighted by molar-refractivity contribution is 5.75. The van der Waals surface area contributed by atoms with Crippen molar-refractivity contribution in [3.63, 3.8) is 0 Å². The number of carbonyl (C=O) groups is 1. The van der Waals surface area contributed by atoms with Crippen molar-refractivity contribution < 1.29 is 35.9 Å². The molecule has 0 amide bonds. The maximum Gasteiger partial charge on any atom is 0.371 e. The minimum atomic E-state index is -5.39. The molecule has 0 unspecified atom stereocenters. The molecule has 1 rings (SSSR count). The molecule has 21 heavy (non-hydrogen) atoms. The second-order valence-corrected chi connectivity index (χ2v) is 6.09. The standard InChI is InChI=1S/C13H18F6O2/c1-4-10(2,3)9(20)21-7-8-5-11(14,15)13(18,19)12(16,17)6-8/h8H,4-7H2,1-3H3. The number of alkyl halides is 6. The molecule has 0 aromatic heterocycles. The third kappa shape index (κ3) is 3.29. The van der Waals surface area contributed by atoms with Gasteiger partial charge in [-0.25, -0.2) is 0 Å². The van der Waals surface area contributed by atoms with Crippen LogP contribution in [0.25, 0.3) is 0 Å². The van der Waals surface area contributed by atoms with E-state index in [2.05, 4.69) is 0 Å². The van der Waals surface area contributed by atoms with Crippen LogP contribution in [0.1, 0.15) is 40.0 Å². The third-order valence-electron chi connectivity index (χ3n) is 3.90. The van der Waals surface area contributed by atoms with Gasteiger partial charge >= 0.3 is 23.7 Å². The van der Waals surface area contributed by atoms with E-state index in [1.54, 1.807) is 20.8 Å². The second kappa shape index (κ2) is 5.35. The van der Waals surface area contributed by atoms with Crippen molar-refractivity contribution >= 4 is 5.97 Å². The minimum Gasteiger partial charge on any atom is -0.465 e. The van der Waals surface area contributed by atoms with Crippen LogP contribution in [0.2, 0.25) is 0 Å². The summed E-state index contributed by atoms with van der Waals surface area (Å²) in [4.78, 5) is 11.6. The van der Waals surface area contributed by atoms with E-state index in [0.717, 1.165) is 0 Å². The summed E-state index contributed by atoms with van der Waals surface area (Å²) in [6.45, 7) is 4.08. The molecule has 8 heteroatoms. The van der Waals surface area contributed by atoms with Crippen molar-refractivity contribution in [3.8, 4) is 0 Å². The van der Waals surface area contributed by atoms with Crippen molar-refractivity contribution in [2.45, 2.75) is 57.8 Å². The zero-order valence-corrected chi connectivity index (χ0v) is 12.0. The van der Waals surface area contributed by atoms with E-state index >= 15 is 0 Å².